The van der Waals surface area contributed by atoms with Gasteiger partial charge in [0.2, 0.25) is 0 Å². The van der Waals surface area contributed by atoms with Gasteiger partial charge < -0.3 is 5.32 Å². The third kappa shape index (κ3) is 4.39. The average molecular weight is 344 g/mol. The Morgan fingerprint density at radius 2 is 1.58 bits per heavy atom. The minimum Gasteiger partial charge on any atom is -0.322 e. The van der Waals surface area contributed by atoms with Gasteiger partial charge in [0.25, 0.3) is 5.91 Å². The van der Waals surface area contributed by atoms with Crippen LogP contribution in [0.2, 0.25) is 5.02 Å². The molecule has 2 aromatic rings. The van der Waals surface area contributed by atoms with E-state index >= 15 is 0 Å². The summed E-state index contributed by atoms with van der Waals surface area (Å²) in [7, 11) is 0. The smallest absolute Gasteiger partial charge is 0.255 e. The number of rotatable bonds is 2. The second-order valence-corrected chi connectivity index (χ2v) is 8.64. The zero-order valence-electron chi connectivity index (χ0n) is 15.3. The number of anilines is 1. The summed E-state index contributed by atoms with van der Waals surface area (Å²) in [6.07, 6.45) is 0. The van der Waals surface area contributed by atoms with Crippen molar-refractivity contribution in [1.29, 1.82) is 0 Å². The molecular formula is C21H26ClNO. The summed E-state index contributed by atoms with van der Waals surface area (Å²) in [6, 6.07) is 13.4. The number of hydrogen-bond donors (Lipinski definition) is 1. The van der Waals surface area contributed by atoms with Gasteiger partial charge >= 0.3 is 0 Å². The molecule has 0 atom stereocenters. The zero-order valence-corrected chi connectivity index (χ0v) is 16.1. The quantitative estimate of drug-likeness (QED) is 0.692. The highest BCUT2D eigenvalue weighted by Crippen LogP contribution is 2.32. The van der Waals surface area contributed by atoms with Crippen molar-refractivity contribution in [2.75, 3.05) is 5.32 Å². The molecule has 1 amide bonds. The second kappa shape index (κ2) is 6.60. The lowest BCUT2D eigenvalue weighted by molar-refractivity contribution is 0.102. The van der Waals surface area contributed by atoms with Gasteiger partial charge in [0.1, 0.15) is 0 Å². The summed E-state index contributed by atoms with van der Waals surface area (Å²) in [5.74, 6) is -0.108. The summed E-state index contributed by atoms with van der Waals surface area (Å²) in [6.45, 7) is 12.7. The first-order chi connectivity index (χ1) is 11.0. The van der Waals surface area contributed by atoms with Crippen LogP contribution in [0.15, 0.2) is 42.5 Å². The molecule has 0 spiro atoms. The van der Waals surface area contributed by atoms with Gasteiger partial charge in [0, 0.05) is 16.3 Å². The third-order valence-corrected chi connectivity index (χ3v) is 4.35. The Morgan fingerprint density at radius 3 is 2.17 bits per heavy atom. The molecule has 128 valence electrons. The lowest BCUT2D eigenvalue weighted by Gasteiger charge is -2.22. The summed E-state index contributed by atoms with van der Waals surface area (Å²) < 4.78 is 0. The summed E-state index contributed by atoms with van der Waals surface area (Å²) in [5, 5.41) is 3.70. The van der Waals surface area contributed by atoms with Crippen LogP contribution >= 0.6 is 11.6 Å². The maximum atomic E-state index is 12.6. The number of hydrogen-bond acceptors (Lipinski definition) is 1. The van der Waals surface area contributed by atoms with Crippen LogP contribution in [0.3, 0.4) is 0 Å². The van der Waals surface area contributed by atoms with Crippen molar-refractivity contribution in [3.8, 4) is 0 Å². The van der Waals surface area contributed by atoms with Crippen molar-refractivity contribution < 1.29 is 4.79 Å². The molecule has 24 heavy (non-hydrogen) atoms. The molecule has 0 saturated heterocycles. The molecule has 0 aliphatic carbocycles. The van der Waals surface area contributed by atoms with E-state index in [4.69, 9.17) is 11.6 Å². The molecule has 0 aliphatic rings. The highest BCUT2D eigenvalue weighted by atomic mass is 35.5. The Bertz CT molecular complexity index is 751. The predicted molar refractivity (Wildman–Crippen MR) is 103 cm³/mol. The van der Waals surface area contributed by atoms with Crippen molar-refractivity contribution in [2.45, 2.75) is 52.4 Å². The fourth-order valence-corrected chi connectivity index (χ4v) is 2.91. The van der Waals surface area contributed by atoms with E-state index in [0.717, 1.165) is 21.8 Å². The molecule has 1 N–H and O–H groups in total. The van der Waals surface area contributed by atoms with Crippen molar-refractivity contribution >= 4 is 23.2 Å². The van der Waals surface area contributed by atoms with Crippen molar-refractivity contribution in [3.63, 3.8) is 0 Å². The normalized spacial score (nSPS) is 12.1. The van der Waals surface area contributed by atoms with E-state index in [1.54, 1.807) is 0 Å². The molecule has 2 rings (SSSR count). The first-order valence-corrected chi connectivity index (χ1v) is 8.58. The van der Waals surface area contributed by atoms with Crippen molar-refractivity contribution in [2.24, 2.45) is 0 Å². The van der Waals surface area contributed by atoms with Gasteiger partial charge in [0.15, 0.2) is 0 Å². The van der Waals surface area contributed by atoms with Gasteiger partial charge in [-0.2, -0.15) is 0 Å². The van der Waals surface area contributed by atoms with Crippen molar-refractivity contribution in [3.05, 3.63) is 64.2 Å². The molecule has 0 unspecified atom stereocenters. The Kier molecular flexibility index (Phi) is 5.10. The predicted octanol–water partition coefficient (Wildman–Crippen LogP) is 6.19. The standard InChI is InChI=1S/C21H26ClNO/c1-20(2,3)15-9-7-8-14(12-15)19(24)23-16-10-11-18(22)17(13-16)21(4,5)6/h7-13H,1-6H3,(H,23,24). The van der Waals surface area contributed by atoms with Crippen LogP contribution in [-0.2, 0) is 10.8 Å². The maximum absolute atomic E-state index is 12.6. The topological polar surface area (TPSA) is 29.1 Å². The van der Waals surface area contributed by atoms with Crippen LogP contribution in [0.5, 0.6) is 0 Å². The van der Waals surface area contributed by atoms with E-state index in [-0.39, 0.29) is 16.7 Å². The highest BCUT2D eigenvalue weighted by molar-refractivity contribution is 6.31. The SMILES string of the molecule is CC(C)(C)c1cccc(C(=O)Nc2ccc(Cl)c(C(C)(C)C)c2)c1. The van der Waals surface area contributed by atoms with Gasteiger partial charge in [-0.3, -0.25) is 4.79 Å². The highest BCUT2D eigenvalue weighted by Gasteiger charge is 2.19. The molecule has 0 bridgehead atoms. The van der Waals surface area contributed by atoms with Gasteiger partial charge in [-0.05, 0) is 52.3 Å². The molecule has 2 nitrogen and oxygen atoms in total. The Balaban J connectivity index is 2.28. The first-order valence-electron chi connectivity index (χ1n) is 8.20. The number of nitrogens with one attached hydrogen (secondary N) is 1. The molecule has 0 heterocycles. The molecule has 0 aromatic heterocycles. The molecular weight excluding hydrogens is 318 g/mol. The monoisotopic (exact) mass is 343 g/mol. The van der Waals surface area contributed by atoms with Gasteiger partial charge in [-0.25, -0.2) is 0 Å². The number of benzene rings is 2. The second-order valence-electron chi connectivity index (χ2n) is 8.23. The van der Waals surface area contributed by atoms with Crippen LogP contribution in [0, 0.1) is 0 Å². The average Bonchev–Trinajstić information content (AvgIpc) is 2.47. The lowest BCUT2D eigenvalue weighted by Crippen LogP contribution is -2.17. The largest absolute Gasteiger partial charge is 0.322 e. The molecule has 2 aromatic carbocycles. The lowest BCUT2D eigenvalue weighted by atomic mass is 9.86. The van der Waals surface area contributed by atoms with Crippen molar-refractivity contribution in [1.82, 2.24) is 0 Å². The van der Waals surface area contributed by atoms with Gasteiger partial charge in [-0.1, -0.05) is 65.3 Å². The van der Waals surface area contributed by atoms with Crippen LogP contribution in [-0.4, -0.2) is 5.91 Å². The number of carbonyl (C=O) groups excluding carboxylic acids is 1. The maximum Gasteiger partial charge on any atom is 0.255 e. The Labute approximate surface area is 150 Å². The van der Waals surface area contributed by atoms with Crippen LogP contribution in [0.4, 0.5) is 5.69 Å². The van der Waals surface area contributed by atoms with E-state index in [2.05, 4.69) is 52.9 Å². The third-order valence-electron chi connectivity index (χ3n) is 4.02. The van der Waals surface area contributed by atoms with E-state index in [1.165, 1.54) is 0 Å². The minimum absolute atomic E-state index is 0.00989. The fraction of sp³-hybridized carbons (Fsp3) is 0.381. The van der Waals surface area contributed by atoms with E-state index < -0.39 is 0 Å². The van der Waals surface area contributed by atoms with Crippen LogP contribution in [0.25, 0.3) is 0 Å². The van der Waals surface area contributed by atoms with Gasteiger partial charge in [-0.15, -0.1) is 0 Å². The van der Waals surface area contributed by atoms with E-state index in [1.807, 2.05) is 36.4 Å². The van der Waals surface area contributed by atoms with E-state index in [9.17, 15) is 4.79 Å². The fourth-order valence-electron chi connectivity index (χ4n) is 2.51. The molecule has 0 aliphatic heterocycles. The molecule has 0 radical (unpaired) electrons. The van der Waals surface area contributed by atoms with Gasteiger partial charge in [0.05, 0.1) is 0 Å². The minimum atomic E-state index is -0.108. The zero-order chi connectivity index (χ0) is 18.1. The number of carbonyl (C=O) groups is 1. The molecule has 0 fully saturated rings. The Hall–Kier alpha value is -1.80. The Morgan fingerprint density at radius 1 is 0.917 bits per heavy atom. The van der Waals surface area contributed by atoms with Crippen LogP contribution in [0.1, 0.15) is 63.0 Å². The molecule has 0 saturated carbocycles. The number of halogens is 1. The number of amides is 1. The van der Waals surface area contributed by atoms with E-state index in [0.29, 0.717) is 5.56 Å². The summed E-state index contributed by atoms with van der Waals surface area (Å²) in [4.78, 5) is 12.6. The summed E-state index contributed by atoms with van der Waals surface area (Å²) in [5.41, 5.74) is 3.51. The molecule has 3 heteroatoms. The first kappa shape index (κ1) is 18.5. The van der Waals surface area contributed by atoms with Crippen LogP contribution < -0.4 is 5.32 Å². The summed E-state index contributed by atoms with van der Waals surface area (Å²) >= 11 is 6.29.